The van der Waals surface area contributed by atoms with Crippen molar-refractivity contribution in [3.05, 3.63) is 68.0 Å². The molecule has 1 N–H and O–H groups in total. The maximum Gasteiger partial charge on any atom is 0.407 e. The quantitative estimate of drug-likeness (QED) is 0.881. The number of amides is 1. The van der Waals surface area contributed by atoms with E-state index < -0.39 is 11.7 Å². The van der Waals surface area contributed by atoms with Gasteiger partial charge in [-0.15, -0.1) is 0 Å². The van der Waals surface area contributed by atoms with E-state index in [0.29, 0.717) is 17.7 Å². The van der Waals surface area contributed by atoms with Crippen LogP contribution in [0, 0.1) is 0 Å². The van der Waals surface area contributed by atoms with Crippen LogP contribution >= 0.6 is 0 Å². The lowest BCUT2D eigenvalue weighted by Crippen LogP contribution is -2.48. The van der Waals surface area contributed by atoms with Gasteiger partial charge in [0.1, 0.15) is 0 Å². The second kappa shape index (κ2) is 5.75. The van der Waals surface area contributed by atoms with E-state index in [0.717, 1.165) is 5.56 Å². The number of hydrogen-bond acceptors (Lipinski definition) is 3. The molecule has 0 spiro atoms. The summed E-state index contributed by atoms with van der Waals surface area (Å²) >= 11 is 0. The number of aromatic nitrogens is 2. The van der Waals surface area contributed by atoms with Gasteiger partial charge in [-0.05, 0) is 5.56 Å². The van der Waals surface area contributed by atoms with E-state index in [2.05, 4.69) is 0 Å². The van der Waals surface area contributed by atoms with Crippen LogP contribution in [0.1, 0.15) is 16.8 Å². The number of fused-ring (bicyclic) bond motifs is 1. The van der Waals surface area contributed by atoms with Crippen LogP contribution in [0.4, 0.5) is 4.79 Å². The van der Waals surface area contributed by atoms with Gasteiger partial charge in [0.15, 0.2) is 0 Å². The first kappa shape index (κ1) is 15.1. The van der Waals surface area contributed by atoms with Crippen molar-refractivity contribution in [2.24, 2.45) is 7.05 Å². The lowest BCUT2D eigenvalue weighted by Gasteiger charge is -2.27. The van der Waals surface area contributed by atoms with Gasteiger partial charge in [-0.3, -0.25) is 9.36 Å². The predicted molar refractivity (Wildman–Crippen MR) is 83.6 cm³/mol. The standard InChI is InChI=1S/C16H17N3O4/c1-17-13-7-8-18(16(22)23)10-12(13)14(20)19(15(17)21)9-11-5-3-2-4-6-11/h2-6H,7-10H2,1H3,(H,22,23). The summed E-state index contributed by atoms with van der Waals surface area (Å²) in [6.45, 7) is 0.483. The Morgan fingerprint density at radius 3 is 2.57 bits per heavy atom. The molecule has 2 aromatic rings. The summed E-state index contributed by atoms with van der Waals surface area (Å²) in [5.74, 6) is 0. The van der Waals surface area contributed by atoms with E-state index in [9.17, 15) is 14.4 Å². The molecular weight excluding hydrogens is 298 g/mol. The Bertz CT molecular complexity index is 867. The number of carbonyl (C=O) groups is 1. The second-order valence-electron chi connectivity index (χ2n) is 5.60. The molecule has 0 aliphatic carbocycles. The number of benzene rings is 1. The molecule has 23 heavy (non-hydrogen) atoms. The molecule has 0 bridgehead atoms. The highest BCUT2D eigenvalue weighted by molar-refractivity contribution is 5.65. The topological polar surface area (TPSA) is 84.5 Å². The van der Waals surface area contributed by atoms with Gasteiger partial charge in [-0.25, -0.2) is 9.59 Å². The molecule has 0 unspecified atom stereocenters. The van der Waals surface area contributed by atoms with Crippen LogP contribution in [0.25, 0.3) is 0 Å². The molecule has 0 saturated carbocycles. The molecule has 7 nitrogen and oxygen atoms in total. The van der Waals surface area contributed by atoms with E-state index in [1.54, 1.807) is 7.05 Å². The lowest BCUT2D eigenvalue weighted by atomic mass is 10.1. The van der Waals surface area contributed by atoms with Gasteiger partial charge < -0.3 is 14.6 Å². The number of nitrogens with zero attached hydrogens (tertiary/aromatic N) is 3. The van der Waals surface area contributed by atoms with Gasteiger partial charge in [-0.1, -0.05) is 30.3 Å². The van der Waals surface area contributed by atoms with Crippen molar-refractivity contribution in [2.45, 2.75) is 19.5 Å². The van der Waals surface area contributed by atoms with Crippen molar-refractivity contribution in [1.29, 1.82) is 0 Å². The fraction of sp³-hybridized carbons (Fsp3) is 0.312. The molecule has 1 aromatic heterocycles. The maximum absolute atomic E-state index is 12.7. The minimum absolute atomic E-state index is 0.0202. The van der Waals surface area contributed by atoms with Gasteiger partial charge in [0.25, 0.3) is 5.56 Å². The van der Waals surface area contributed by atoms with Crippen LogP contribution in [0.3, 0.4) is 0 Å². The first-order chi connectivity index (χ1) is 11.0. The third-order valence-corrected chi connectivity index (χ3v) is 4.20. The smallest absolute Gasteiger partial charge is 0.407 e. The highest BCUT2D eigenvalue weighted by atomic mass is 16.4. The average Bonchev–Trinajstić information content (AvgIpc) is 2.57. The normalized spacial score (nSPS) is 13.7. The van der Waals surface area contributed by atoms with Gasteiger partial charge in [0.05, 0.1) is 18.7 Å². The van der Waals surface area contributed by atoms with Crippen LogP contribution in [0.5, 0.6) is 0 Å². The van der Waals surface area contributed by atoms with Crippen molar-refractivity contribution in [1.82, 2.24) is 14.0 Å². The van der Waals surface area contributed by atoms with Crippen LogP contribution in [-0.2, 0) is 26.6 Å². The highest BCUT2D eigenvalue weighted by Crippen LogP contribution is 2.14. The molecule has 0 saturated heterocycles. The van der Waals surface area contributed by atoms with Crippen LogP contribution in [-0.4, -0.2) is 31.8 Å². The number of rotatable bonds is 2. The molecule has 0 fully saturated rings. The first-order valence-electron chi connectivity index (χ1n) is 7.32. The molecule has 0 radical (unpaired) electrons. The highest BCUT2D eigenvalue weighted by Gasteiger charge is 2.26. The Kier molecular flexibility index (Phi) is 3.77. The molecule has 1 aliphatic heterocycles. The predicted octanol–water partition coefficient (Wildman–Crippen LogP) is 0.631. The third-order valence-electron chi connectivity index (χ3n) is 4.20. The Balaban J connectivity index is 2.10. The average molecular weight is 315 g/mol. The molecule has 3 rings (SSSR count). The summed E-state index contributed by atoms with van der Waals surface area (Å²) in [7, 11) is 1.62. The number of hydrogen-bond donors (Lipinski definition) is 1. The van der Waals surface area contributed by atoms with Gasteiger partial charge in [0.2, 0.25) is 0 Å². The minimum atomic E-state index is -1.06. The van der Waals surface area contributed by atoms with Crippen molar-refractivity contribution in [2.75, 3.05) is 6.54 Å². The lowest BCUT2D eigenvalue weighted by molar-refractivity contribution is 0.138. The van der Waals surface area contributed by atoms with Crippen molar-refractivity contribution in [3.63, 3.8) is 0 Å². The van der Waals surface area contributed by atoms with E-state index >= 15 is 0 Å². The molecule has 0 atom stereocenters. The summed E-state index contributed by atoms with van der Waals surface area (Å²) < 4.78 is 2.62. The largest absolute Gasteiger partial charge is 0.465 e. The molecule has 7 heteroatoms. The summed E-state index contributed by atoms with van der Waals surface area (Å²) in [5.41, 5.74) is 1.08. The van der Waals surface area contributed by atoms with E-state index in [1.165, 1.54) is 14.0 Å². The van der Waals surface area contributed by atoms with E-state index in [4.69, 9.17) is 5.11 Å². The molecule has 1 aromatic carbocycles. The van der Waals surface area contributed by atoms with Gasteiger partial charge in [-0.2, -0.15) is 0 Å². The zero-order chi connectivity index (χ0) is 16.6. The molecule has 2 heterocycles. The maximum atomic E-state index is 12.7. The summed E-state index contributed by atoms with van der Waals surface area (Å²) in [6, 6.07) is 9.23. The monoisotopic (exact) mass is 315 g/mol. The molecule has 1 amide bonds. The van der Waals surface area contributed by atoms with Crippen LogP contribution < -0.4 is 11.2 Å². The first-order valence-corrected chi connectivity index (χ1v) is 7.32. The van der Waals surface area contributed by atoms with E-state index in [-0.39, 0.29) is 25.3 Å². The zero-order valence-corrected chi connectivity index (χ0v) is 12.7. The van der Waals surface area contributed by atoms with Gasteiger partial charge >= 0.3 is 11.8 Å². The molecular formula is C16H17N3O4. The fourth-order valence-corrected chi connectivity index (χ4v) is 2.93. The molecule has 120 valence electrons. The summed E-state index contributed by atoms with van der Waals surface area (Å²) in [4.78, 5) is 37.5. The Morgan fingerprint density at radius 2 is 1.91 bits per heavy atom. The SMILES string of the molecule is Cn1c2c(c(=O)n(Cc3ccccc3)c1=O)CN(C(=O)O)CC2. The third kappa shape index (κ3) is 2.65. The minimum Gasteiger partial charge on any atom is -0.465 e. The zero-order valence-electron chi connectivity index (χ0n) is 12.7. The summed E-state index contributed by atoms with van der Waals surface area (Å²) in [6.07, 6.45) is -0.687. The van der Waals surface area contributed by atoms with Crippen LogP contribution in [0.2, 0.25) is 0 Å². The van der Waals surface area contributed by atoms with Crippen molar-refractivity contribution < 1.29 is 9.90 Å². The van der Waals surface area contributed by atoms with E-state index in [1.807, 2.05) is 30.3 Å². The fourth-order valence-electron chi connectivity index (χ4n) is 2.93. The summed E-state index contributed by atoms with van der Waals surface area (Å²) in [5, 5.41) is 9.13. The molecule has 1 aliphatic rings. The second-order valence-corrected chi connectivity index (χ2v) is 5.60. The van der Waals surface area contributed by atoms with Crippen molar-refractivity contribution >= 4 is 6.09 Å². The van der Waals surface area contributed by atoms with Crippen molar-refractivity contribution in [3.8, 4) is 0 Å². The van der Waals surface area contributed by atoms with Gasteiger partial charge in [0, 0.05) is 25.7 Å². The Hall–Kier alpha value is -2.83. The Labute approximate surface area is 132 Å². The van der Waals surface area contributed by atoms with Crippen LogP contribution in [0.15, 0.2) is 39.9 Å². The Morgan fingerprint density at radius 1 is 1.22 bits per heavy atom. The number of carboxylic acid groups (broad SMARTS) is 1.